The molecule has 0 unspecified atom stereocenters. The van der Waals surface area contributed by atoms with Gasteiger partial charge in [-0.1, -0.05) is 156 Å². The molecule has 0 aliphatic carbocycles. The first-order valence-electron chi connectivity index (χ1n) is 30.7. The molecule has 3 rings (SSSR count). The first kappa shape index (κ1) is 64.2. The van der Waals surface area contributed by atoms with Crippen LogP contribution in [-0.4, -0.2) is 4.70 Å². The van der Waals surface area contributed by atoms with E-state index in [2.05, 4.69) is 112 Å². The number of nitrogens with zero attached hydrogens (tertiary/aromatic N) is 2. The topological polar surface area (TPSA) is 25.3 Å². The Labute approximate surface area is 448 Å². The molecule has 1 aliphatic heterocycles. The molecule has 0 aromatic heterocycles. The van der Waals surface area contributed by atoms with E-state index in [0.29, 0.717) is 0 Å². The molecule has 0 bridgehead atoms. The number of unbranched alkanes of at least 4 members (excludes halogenated alkanes) is 32. The molecule has 0 atom stereocenters. The quantitative estimate of drug-likeness (QED) is 0.0274. The first-order valence-corrected chi connectivity index (χ1v) is 31.7. The Morgan fingerprint density at radius 2 is 0.690 bits per heavy atom. The zero-order chi connectivity index (χ0) is 51.1. The molecule has 2 aromatic carbocycles. The fourth-order valence-electron chi connectivity index (χ4n) is 9.93. The van der Waals surface area contributed by atoms with Crippen molar-refractivity contribution in [1.29, 1.82) is 0 Å². The summed E-state index contributed by atoms with van der Waals surface area (Å²) in [4.78, 5) is 6.40. The van der Waals surface area contributed by atoms with Crippen LogP contribution in [0.3, 0.4) is 0 Å². The van der Waals surface area contributed by atoms with Crippen molar-refractivity contribution in [3.05, 3.63) is 87.5 Å². The van der Waals surface area contributed by atoms with Crippen LogP contribution >= 0.6 is 0 Å². The number of rotatable bonds is 42. The van der Waals surface area contributed by atoms with Crippen LogP contribution in [0, 0.1) is 21.6 Å². The minimum Gasteiger partial charge on any atom is -0.0654 e. The van der Waals surface area contributed by atoms with Crippen molar-refractivity contribution in [2.45, 2.75) is 311 Å². The number of allylic oxidation sites excluding steroid dienone is 2. The molecule has 2 nitrogen and oxygen atoms in total. The molecular weight excluding hydrogens is 903 g/mol. The number of benzene rings is 2. The maximum absolute atomic E-state index is 11.7. The molecule has 0 N–H and O–H groups in total. The number of hydrogen-bond donors (Lipinski definition) is 0. The van der Waals surface area contributed by atoms with E-state index in [-0.39, 0.29) is 0 Å². The van der Waals surface area contributed by atoms with Gasteiger partial charge >= 0.3 is 164 Å². The Morgan fingerprint density at radius 3 is 1.08 bits per heavy atom. The summed E-state index contributed by atoms with van der Waals surface area (Å²) in [6.45, 7) is 13.6. The average Bonchev–Trinajstić information content (AvgIpc) is 3.67. The van der Waals surface area contributed by atoms with Gasteiger partial charge in [-0.25, -0.2) is 4.70 Å². The number of aryl methyl sites for hydroxylation is 2. The number of hydrogen-bond acceptors (Lipinski definition) is 0. The average molecular weight is 1010 g/mol. The van der Waals surface area contributed by atoms with Gasteiger partial charge < -0.3 is 5.53 Å². The second-order valence-corrected chi connectivity index (χ2v) is 21.8. The predicted octanol–water partition coefficient (Wildman–Crippen LogP) is 22.7. The summed E-state index contributed by atoms with van der Waals surface area (Å²) in [5.74, 6) is 6.61. The van der Waals surface area contributed by atoms with E-state index in [9.17, 15) is 5.53 Å². The van der Waals surface area contributed by atoms with E-state index in [1.165, 1.54) is 247 Å². The Morgan fingerprint density at radius 1 is 0.352 bits per heavy atom. The summed E-state index contributed by atoms with van der Waals surface area (Å²) >= 11 is 1.32. The summed E-state index contributed by atoms with van der Waals surface area (Å²) < 4.78 is 1.52. The summed E-state index contributed by atoms with van der Waals surface area (Å²) in [5, 5.41) is 0. The molecule has 1 aliphatic rings. The van der Waals surface area contributed by atoms with Gasteiger partial charge in [-0.15, -0.1) is 0 Å². The van der Waals surface area contributed by atoms with Crippen LogP contribution in [-0.2, 0) is 27.3 Å². The SMILES string of the molecule is CCCCC1=C(c2ccc(CCCC)cc2)[N+](=[N-])C(c2cccc(CCCC)c2)=C1CCCC.CCCCCCCCCCCCCCCCC#[C][Ni][C]#CCCCCCCCCCCCCCCCC. The Hall–Kier alpha value is -2.87. The van der Waals surface area contributed by atoms with E-state index in [0.717, 1.165) is 86.7 Å². The summed E-state index contributed by atoms with van der Waals surface area (Å²) in [5.41, 5.74) is 21.4. The third-order valence-corrected chi connectivity index (χ3v) is 15.1. The van der Waals surface area contributed by atoms with Crippen molar-refractivity contribution in [3.63, 3.8) is 0 Å². The molecule has 0 spiro atoms. The maximum atomic E-state index is 11.7. The van der Waals surface area contributed by atoms with Gasteiger partial charge in [-0.2, -0.15) is 0 Å². The van der Waals surface area contributed by atoms with Gasteiger partial charge in [0.1, 0.15) is 0 Å². The Balaban J connectivity index is 0.000000488. The molecular formula is C68H110N2Ni. The fraction of sp³-hybridized carbons (Fsp3) is 0.706. The second-order valence-electron chi connectivity index (χ2n) is 21.1. The van der Waals surface area contributed by atoms with E-state index >= 15 is 0 Å². The van der Waals surface area contributed by atoms with Crippen LogP contribution in [0.1, 0.15) is 321 Å². The van der Waals surface area contributed by atoms with Crippen LogP contribution in [0.5, 0.6) is 0 Å². The molecule has 0 radical (unpaired) electrons. The minimum atomic E-state index is 0.996. The second kappa shape index (κ2) is 46.9. The van der Waals surface area contributed by atoms with Gasteiger partial charge in [0.15, 0.2) is 0 Å². The molecule has 0 saturated carbocycles. The normalized spacial score (nSPS) is 12.3. The van der Waals surface area contributed by atoms with Crippen LogP contribution in [0.25, 0.3) is 16.9 Å². The third-order valence-electron chi connectivity index (χ3n) is 14.5. The van der Waals surface area contributed by atoms with Gasteiger partial charge in [0.25, 0.3) is 0 Å². The molecule has 0 amide bonds. The van der Waals surface area contributed by atoms with E-state index in [1.807, 2.05) is 0 Å². The smallest absolute Gasteiger partial charge is 0.0654 e. The molecule has 0 fully saturated rings. The van der Waals surface area contributed by atoms with Gasteiger partial charge in [0, 0.05) is 22.3 Å². The van der Waals surface area contributed by atoms with E-state index in [1.54, 1.807) is 0 Å². The zero-order valence-electron chi connectivity index (χ0n) is 47.5. The molecule has 3 heteroatoms. The van der Waals surface area contributed by atoms with Gasteiger partial charge in [-0.05, 0) is 86.8 Å². The van der Waals surface area contributed by atoms with Crippen LogP contribution in [0.2, 0.25) is 0 Å². The molecule has 402 valence electrons. The third kappa shape index (κ3) is 31.5. The van der Waals surface area contributed by atoms with Gasteiger partial charge in [-0.3, -0.25) is 0 Å². The van der Waals surface area contributed by atoms with Gasteiger partial charge in [0.05, 0.1) is 0 Å². The summed E-state index contributed by atoms with van der Waals surface area (Å²) in [7, 11) is 0. The molecule has 71 heavy (non-hydrogen) atoms. The molecule has 1 heterocycles. The standard InChI is InChI=1S/C32H44N2.2C18H33.Ni/c1-5-9-14-25-20-22-27(23-21-25)31-29(18-11-7-3)30(19-12-8-4)32(34(31)33)28-17-13-16-26(24-28)15-10-6-2;2*1-3-5-7-9-11-13-15-17-18-16-14-12-10-8-6-4-2;/h13,16-17,20-24H,5-12,14-15,18-19H2,1-4H3;2*3,5-18H2,1H3;. The monoisotopic (exact) mass is 1010 g/mol. The first-order chi connectivity index (χ1) is 35.1. The summed E-state index contributed by atoms with van der Waals surface area (Å²) in [6.07, 6.45) is 55.5. The van der Waals surface area contributed by atoms with E-state index < -0.39 is 0 Å². The molecule has 0 saturated heterocycles. The van der Waals surface area contributed by atoms with E-state index in [4.69, 9.17) is 0 Å². The van der Waals surface area contributed by atoms with Crippen molar-refractivity contribution in [2.75, 3.05) is 0 Å². The Kier molecular flexibility index (Phi) is 42.4. The molecule has 2 aromatic rings. The van der Waals surface area contributed by atoms with Crippen molar-refractivity contribution in [1.82, 2.24) is 0 Å². The minimum absolute atomic E-state index is 0.996. The van der Waals surface area contributed by atoms with Crippen LogP contribution in [0.15, 0.2) is 59.7 Å². The van der Waals surface area contributed by atoms with Crippen molar-refractivity contribution in [3.8, 4) is 21.6 Å². The Bertz CT molecular complexity index is 1740. The van der Waals surface area contributed by atoms with Crippen LogP contribution < -0.4 is 0 Å². The summed E-state index contributed by atoms with van der Waals surface area (Å²) in [6, 6.07) is 17.8. The van der Waals surface area contributed by atoms with Crippen molar-refractivity contribution >= 4 is 11.4 Å². The fourth-order valence-corrected chi connectivity index (χ4v) is 10.4. The van der Waals surface area contributed by atoms with Crippen molar-refractivity contribution < 1.29 is 19.1 Å². The zero-order valence-corrected chi connectivity index (χ0v) is 48.5. The van der Waals surface area contributed by atoms with Gasteiger partial charge in [0.2, 0.25) is 11.4 Å². The predicted molar refractivity (Wildman–Crippen MR) is 312 cm³/mol. The van der Waals surface area contributed by atoms with Crippen molar-refractivity contribution in [2.24, 2.45) is 0 Å². The van der Waals surface area contributed by atoms with Crippen LogP contribution in [0.4, 0.5) is 0 Å².